The third-order valence-corrected chi connectivity index (χ3v) is 5.46. The molecule has 1 aromatic carbocycles. The van der Waals surface area contributed by atoms with Gasteiger partial charge in [0, 0.05) is 0 Å². The van der Waals surface area contributed by atoms with Crippen LogP contribution < -0.4 is 10.3 Å². The molecule has 2 atom stereocenters. The molecule has 150 valence electrons. The van der Waals surface area contributed by atoms with Gasteiger partial charge in [-0.25, -0.2) is 19.5 Å². The van der Waals surface area contributed by atoms with Crippen LogP contribution >= 0.6 is 7.60 Å². The average molecular weight is 405 g/mol. The molecule has 0 saturated heterocycles. The van der Waals surface area contributed by atoms with Crippen molar-refractivity contribution in [2.45, 2.75) is 39.5 Å². The van der Waals surface area contributed by atoms with Crippen molar-refractivity contribution in [3.63, 3.8) is 0 Å². The second-order valence-corrected chi connectivity index (χ2v) is 8.48. The lowest BCUT2D eigenvalue weighted by Gasteiger charge is -2.23. The number of ether oxygens (including phenoxy) is 1. The number of aromatic nitrogens is 4. The van der Waals surface area contributed by atoms with E-state index in [9.17, 15) is 4.57 Å². The van der Waals surface area contributed by atoms with E-state index in [1.165, 1.54) is 6.33 Å². The number of hydrogen-bond acceptors (Lipinski definition) is 8. The summed E-state index contributed by atoms with van der Waals surface area (Å²) in [7, 11) is -3.49. The monoisotopic (exact) mass is 405 g/mol. The van der Waals surface area contributed by atoms with E-state index in [4.69, 9.17) is 19.5 Å². The zero-order valence-electron chi connectivity index (χ0n) is 16.1. The summed E-state index contributed by atoms with van der Waals surface area (Å²) in [5, 5.41) is 0. The van der Waals surface area contributed by atoms with Gasteiger partial charge in [0.2, 0.25) is 0 Å². The third kappa shape index (κ3) is 5.07. The summed E-state index contributed by atoms with van der Waals surface area (Å²) >= 11 is 0. The molecule has 0 spiro atoms. The number of rotatable bonds is 9. The van der Waals surface area contributed by atoms with Gasteiger partial charge in [-0.2, -0.15) is 0 Å². The van der Waals surface area contributed by atoms with Crippen LogP contribution in [0.5, 0.6) is 5.75 Å². The predicted octanol–water partition coefficient (Wildman–Crippen LogP) is 3.47. The van der Waals surface area contributed by atoms with Gasteiger partial charge in [-0.15, -0.1) is 0 Å². The highest BCUT2D eigenvalue weighted by Crippen LogP contribution is 2.49. The Morgan fingerprint density at radius 2 is 1.89 bits per heavy atom. The minimum absolute atomic E-state index is 0.176. The first-order valence-corrected chi connectivity index (χ1v) is 10.6. The smallest absolute Gasteiger partial charge is 0.404 e. The second kappa shape index (κ2) is 8.68. The summed E-state index contributed by atoms with van der Waals surface area (Å²) in [6.07, 6.45) is 2.27. The molecule has 2 aromatic heterocycles. The maximum absolute atomic E-state index is 13.1. The molecule has 9 nitrogen and oxygen atoms in total. The summed E-state index contributed by atoms with van der Waals surface area (Å²) in [6.45, 7) is 5.90. The number of nitrogens with two attached hydrogens (primary N) is 1. The van der Waals surface area contributed by atoms with Crippen molar-refractivity contribution in [2.24, 2.45) is 0 Å². The molecule has 0 radical (unpaired) electrons. The summed E-state index contributed by atoms with van der Waals surface area (Å²) < 4.78 is 31.9. The van der Waals surface area contributed by atoms with Gasteiger partial charge in [-0.05, 0) is 32.9 Å². The summed E-state index contributed by atoms with van der Waals surface area (Å²) in [5.41, 5.74) is 6.96. The highest BCUT2D eigenvalue weighted by Gasteiger charge is 2.29. The molecule has 1 unspecified atom stereocenters. The number of imidazole rings is 1. The minimum Gasteiger partial charge on any atom is -0.423 e. The van der Waals surface area contributed by atoms with Crippen LogP contribution in [0.3, 0.4) is 0 Å². The number of fused-ring (bicyclic) bond motifs is 1. The molecule has 0 amide bonds. The number of para-hydroxylation sites is 1. The summed E-state index contributed by atoms with van der Waals surface area (Å²) in [4.78, 5) is 12.4. The third-order valence-electron chi connectivity index (χ3n) is 3.76. The molecule has 3 aromatic rings. The molecule has 28 heavy (non-hydrogen) atoms. The van der Waals surface area contributed by atoms with Crippen molar-refractivity contribution in [3.8, 4) is 5.75 Å². The maximum Gasteiger partial charge on any atom is 0.404 e. The van der Waals surface area contributed by atoms with E-state index in [-0.39, 0.29) is 18.6 Å². The van der Waals surface area contributed by atoms with Crippen molar-refractivity contribution >= 4 is 24.6 Å². The Balaban J connectivity index is 1.66. The van der Waals surface area contributed by atoms with Crippen LogP contribution in [-0.2, 0) is 20.4 Å². The number of nitrogens with zero attached hydrogens (tertiary/aromatic N) is 4. The van der Waals surface area contributed by atoms with Gasteiger partial charge >= 0.3 is 7.60 Å². The Kier molecular flexibility index (Phi) is 6.28. The molecule has 3 rings (SSSR count). The standard InChI is InChI=1S/C18H24N5O4P/c1-13(2)26-28(24,27-15-7-5-4-6-8-15)12-25-14(3)9-23-11-22-16-17(19)20-10-21-18(16)23/h4-8,10-11,13-14H,9,12H2,1-3H3,(H2,19,20,21)/t14-,28?/m1/s1. The van der Waals surface area contributed by atoms with E-state index in [1.54, 1.807) is 44.4 Å². The predicted molar refractivity (Wildman–Crippen MR) is 106 cm³/mol. The Hall–Kier alpha value is -2.48. The molecular formula is C18H24N5O4P. The number of hydrogen-bond donors (Lipinski definition) is 1. The fourth-order valence-electron chi connectivity index (χ4n) is 2.62. The minimum atomic E-state index is -3.49. The fraction of sp³-hybridized carbons (Fsp3) is 0.389. The van der Waals surface area contributed by atoms with Gasteiger partial charge in [-0.1, -0.05) is 18.2 Å². The molecule has 0 saturated carbocycles. The highest BCUT2D eigenvalue weighted by atomic mass is 31.2. The Morgan fingerprint density at radius 3 is 2.61 bits per heavy atom. The van der Waals surface area contributed by atoms with Crippen molar-refractivity contribution in [1.29, 1.82) is 0 Å². The van der Waals surface area contributed by atoms with Gasteiger partial charge in [0.05, 0.1) is 25.1 Å². The normalized spacial score (nSPS) is 14.9. The van der Waals surface area contributed by atoms with Crippen LogP contribution in [0.4, 0.5) is 5.82 Å². The summed E-state index contributed by atoms with van der Waals surface area (Å²) in [5.74, 6) is 0.791. The lowest BCUT2D eigenvalue weighted by atomic mass is 10.3. The molecule has 2 N–H and O–H groups in total. The average Bonchev–Trinajstić information content (AvgIpc) is 3.04. The highest BCUT2D eigenvalue weighted by molar-refractivity contribution is 7.54. The molecule has 0 aliphatic rings. The lowest BCUT2D eigenvalue weighted by molar-refractivity contribution is 0.0689. The zero-order chi connectivity index (χ0) is 20.1. The van der Waals surface area contributed by atoms with E-state index in [1.807, 2.05) is 17.6 Å². The molecular weight excluding hydrogens is 381 g/mol. The van der Waals surface area contributed by atoms with Crippen LogP contribution in [0.25, 0.3) is 11.2 Å². The van der Waals surface area contributed by atoms with Gasteiger partial charge in [-0.3, -0.25) is 4.52 Å². The number of nitrogen functional groups attached to an aromatic ring is 1. The Bertz CT molecular complexity index is 963. The first kappa shape index (κ1) is 20.3. The quantitative estimate of drug-likeness (QED) is 0.538. The molecule has 0 aliphatic heterocycles. The lowest BCUT2D eigenvalue weighted by Crippen LogP contribution is -2.19. The Morgan fingerprint density at radius 1 is 1.14 bits per heavy atom. The first-order valence-electron chi connectivity index (χ1n) is 8.91. The SMILES string of the molecule is CC(C)OP(=O)(CO[C@H](C)Cn1cnc2c(N)ncnc21)Oc1ccccc1. The van der Waals surface area contributed by atoms with Crippen LogP contribution in [0, 0.1) is 0 Å². The van der Waals surface area contributed by atoms with Crippen molar-refractivity contribution in [2.75, 3.05) is 12.1 Å². The van der Waals surface area contributed by atoms with Crippen molar-refractivity contribution in [3.05, 3.63) is 43.0 Å². The van der Waals surface area contributed by atoms with Crippen LogP contribution in [0.1, 0.15) is 20.8 Å². The molecule has 0 bridgehead atoms. The summed E-state index contributed by atoms with van der Waals surface area (Å²) in [6, 6.07) is 8.90. The van der Waals surface area contributed by atoms with Gasteiger partial charge in [0.15, 0.2) is 17.8 Å². The van der Waals surface area contributed by atoms with Gasteiger partial charge in [0.25, 0.3) is 0 Å². The first-order chi connectivity index (χ1) is 13.4. The van der Waals surface area contributed by atoms with E-state index >= 15 is 0 Å². The second-order valence-electron chi connectivity index (χ2n) is 6.60. The van der Waals surface area contributed by atoms with Crippen LogP contribution in [0.2, 0.25) is 0 Å². The van der Waals surface area contributed by atoms with E-state index in [2.05, 4.69) is 15.0 Å². The van der Waals surface area contributed by atoms with E-state index in [0.717, 1.165) is 0 Å². The Labute approximate surface area is 163 Å². The molecule has 0 aliphatic carbocycles. The zero-order valence-corrected chi connectivity index (χ0v) is 17.0. The van der Waals surface area contributed by atoms with Crippen LogP contribution in [0.15, 0.2) is 43.0 Å². The van der Waals surface area contributed by atoms with Crippen LogP contribution in [-0.4, -0.2) is 38.1 Å². The van der Waals surface area contributed by atoms with Crippen molar-refractivity contribution in [1.82, 2.24) is 19.5 Å². The van der Waals surface area contributed by atoms with E-state index in [0.29, 0.717) is 29.3 Å². The number of anilines is 1. The fourth-order valence-corrected chi connectivity index (χ4v) is 4.30. The van der Waals surface area contributed by atoms with Crippen molar-refractivity contribution < 1.29 is 18.3 Å². The van der Waals surface area contributed by atoms with Gasteiger partial charge < -0.3 is 19.6 Å². The topological polar surface area (TPSA) is 114 Å². The maximum atomic E-state index is 13.1. The largest absolute Gasteiger partial charge is 0.423 e. The molecule has 10 heteroatoms. The van der Waals surface area contributed by atoms with Gasteiger partial charge in [0.1, 0.15) is 17.6 Å². The van der Waals surface area contributed by atoms with E-state index < -0.39 is 7.60 Å². The molecule has 2 heterocycles. The molecule has 0 fully saturated rings. The number of benzene rings is 1.